The van der Waals surface area contributed by atoms with Crippen molar-refractivity contribution in [3.8, 4) is 11.3 Å². The fraction of sp³-hybridized carbons (Fsp3) is 0.211. The van der Waals surface area contributed by atoms with E-state index in [0.29, 0.717) is 25.6 Å². The molecule has 0 bridgehead atoms. The van der Waals surface area contributed by atoms with Gasteiger partial charge in [-0.05, 0) is 17.7 Å². The molecular formula is C19H21N5O. The van der Waals surface area contributed by atoms with Gasteiger partial charge in [0.15, 0.2) is 0 Å². The molecule has 0 saturated carbocycles. The lowest BCUT2D eigenvalue weighted by molar-refractivity contribution is 0.210. The van der Waals surface area contributed by atoms with E-state index in [9.17, 15) is 0 Å². The quantitative estimate of drug-likeness (QED) is 0.616. The molecule has 0 aliphatic rings. The first kappa shape index (κ1) is 16.9. The van der Waals surface area contributed by atoms with Crippen molar-refractivity contribution >= 4 is 11.8 Å². The summed E-state index contributed by atoms with van der Waals surface area (Å²) in [4.78, 5) is 13.2. The number of pyridine rings is 1. The monoisotopic (exact) mass is 335 g/mol. The number of ether oxygens (including phenoxy) is 1. The van der Waals surface area contributed by atoms with Crippen molar-refractivity contribution < 1.29 is 4.74 Å². The van der Waals surface area contributed by atoms with Gasteiger partial charge in [-0.1, -0.05) is 30.3 Å². The molecule has 6 nitrogen and oxygen atoms in total. The lowest BCUT2D eigenvalue weighted by Crippen LogP contribution is -2.12. The van der Waals surface area contributed by atoms with Gasteiger partial charge in [0.1, 0.15) is 5.82 Å². The normalized spacial score (nSPS) is 10.4. The topological polar surface area (TPSA) is 72.0 Å². The standard InChI is InChI=1S/C19H21N5O/c1-25-12-11-21-19-23-17(16-5-3-2-4-6-16)13-18(24-19)22-14-15-7-9-20-10-8-15/h2-10,13H,11-12,14H2,1H3,(H2,21,22,23,24). The molecule has 3 rings (SSSR count). The van der Waals surface area contributed by atoms with Gasteiger partial charge in [-0.25, -0.2) is 4.98 Å². The molecule has 2 N–H and O–H groups in total. The van der Waals surface area contributed by atoms with Crippen molar-refractivity contribution in [2.24, 2.45) is 0 Å². The fourth-order valence-corrected chi connectivity index (χ4v) is 2.33. The zero-order valence-corrected chi connectivity index (χ0v) is 14.1. The summed E-state index contributed by atoms with van der Waals surface area (Å²) in [7, 11) is 1.67. The number of nitrogens with zero attached hydrogens (tertiary/aromatic N) is 3. The summed E-state index contributed by atoms with van der Waals surface area (Å²) in [5, 5.41) is 6.55. The molecule has 1 aromatic carbocycles. The maximum Gasteiger partial charge on any atom is 0.225 e. The number of methoxy groups -OCH3 is 1. The van der Waals surface area contributed by atoms with Crippen LogP contribution in [0.1, 0.15) is 5.56 Å². The number of hydrogen-bond acceptors (Lipinski definition) is 6. The Morgan fingerprint density at radius 1 is 0.960 bits per heavy atom. The van der Waals surface area contributed by atoms with Crippen molar-refractivity contribution in [1.82, 2.24) is 15.0 Å². The summed E-state index contributed by atoms with van der Waals surface area (Å²) in [6.45, 7) is 1.92. The minimum atomic E-state index is 0.579. The number of hydrogen-bond donors (Lipinski definition) is 2. The van der Waals surface area contributed by atoms with Gasteiger partial charge in [0.05, 0.1) is 12.3 Å². The molecule has 0 unspecified atom stereocenters. The van der Waals surface area contributed by atoms with Gasteiger partial charge in [-0.3, -0.25) is 4.98 Å². The lowest BCUT2D eigenvalue weighted by atomic mass is 10.1. The number of anilines is 2. The van der Waals surface area contributed by atoms with Crippen molar-refractivity contribution in [2.75, 3.05) is 30.9 Å². The SMILES string of the molecule is COCCNc1nc(NCc2ccncc2)cc(-c2ccccc2)n1. The minimum absolute atomic E-state index is 0.579. The Balaban J connectivity index is 1.81. The third-order valence-electron chi connectivity index (χ3n) is 3.61. The van der Waals surface area contributed by atoms with Crippen LogP contribution < -0.4 is 10.6 Å². The van der Waals surface area contributed by atoms with E-state index in [1.165, 1.54) is 0 Å². The predicted octanol–water partition coefficient (Wildman–Crippen LogP) is 3.21. The molecule has 0 amide bonds. The molecule has 0 spiro atoms. The van der Waals surface area contributed by atoms with Crippen LogP contribution in [-0.4, -0.2) is 35.2 Å². The van der Waals surface area contributed by atoms with Crippen molar-refractivity contribution in [2.45, 2.75) is 6.54 Å². The van der Waals surface area contributed by atoms with Crippen LogP contribution in [0.3, 0.4) is 0 Å². The average Bonchev–Trinajstić information content (AvgIpc) is 2.68. The second-order valence-corrected chi connectivity index (χ2v) is 5.46. The van der Waals surface area contributed by atoms with Crippen molar-refractivity contribution in [1.29, 1.82) is 0 Å². The van der Waals surface area contributed by atoms with Crippen LogP contribution in [0, 0.1) is 0 Å². The molecule has 2 aromatic heterocycles. The van der Waals surface area contributed by atoms with Gasteiger partial charge in [-0.2, -0.15) is 4.98 Å². The van der Waals surface area contributed by atoms with Crippen LogP contribution in [-0.2, 0) is 11.3 Å². The molecule has 6 heteroatoms. The van der Waals surface area contributed by atoms with E-state index in [2.05, 4.69) is 25.6 Å². The molecule has 0 radical (unpaired) electrons. The third-order valence-corrected chi connectivity index (χ3v) is 3.61. The first-order valence-electron chi connectivity index (χ1n) is 8.15. The molecule has 25 heavy (non-hydrogen) atoms. The van der Waals surface area contributed by atoms with E-state index >= 15 is 0 Å². The van der Waals surface area contributed by atoms with Gasteiger partial charge < -0.3 is 15.4 Å². The van der Waals surface area contributed by atoms with Crippen LogP contribution in [0.2, 0.25) is 0 Å². The predicted molar refractivity (Wildman–Crippen MR) is 99.4 cm³/mol. The largest absolute Gasteiger partial charge is 0.383 e. The van der Waals surface area contributed by atoms with Gasteiger partial charge in [0.25, 0.3) is 0 Å². The maximum absolute atomic E-state index is 5.07. The van der Waals surface area contributed by atoms with E-state index < -0.39 is 0 Å². The molecular weight excluding hydrogens is 314 g/mol. The summed E-state index contributed by atoms with van der Waals surface area (Å²) < 4.78 is 5.07. The Morgan fingerprint density at radius 2 is 1.76 bits per heavy atom. The van der Waals surface area contributed by atoms with Gasteiger partial charge in [0.2, 0.25) is 5.95 Å². The maximum atomic E-state index is 5.07. The molecule has 0 fully saturated rings. The summed E-state index contributed by atoms with van der Waals surface area (Å²) in [5.74, 6) is 1.35. The summed E-state index contributed by atoms with van der Waals surface area (Å²) in [6, 6.07) is 16.0. The van der Waals surface area contributed by atoms with Crippen LogP contribution in [0.25, 0.3) is 11.3 Å². The van der Waals surface area contributed by atoms with E-state index in [4.69, 9.17) is 4.74 Å². The highest BCUT2D eigenvalue weighted by molar-refractivity contribution is 5.64. The highest BCUT2D eigenvalue weighted by Crippen LogP contribution is 2.21. The van der Waals surface area contributed by atoms with Gasteiger partial charge >= 0.3 is 0 Å². The van der Waals surface area contributed by atoms with Crippen LogP contribution in [0.4, 0.5) is 11.8 Å². The molecule has 128 valence electrons. The average molecular weight is 335 g/mol. The van der Waals surface area contributed by atoms with Crippen molar-refractivity contribution in [3.63, 3.8) is 0 Å². The van der Waals surface area contributed by atoms with E-state index in [0.717, 1.165) is 22.6 Å². The van der Waals surface area contributed by atoms with Crippen LogP contribution in [0.5, 0.6) is 0 Å². The molecule has 0 aliphatic carbocycles. The number of nitrogens with one attached hydrogen (secondary N) is 2. The summed E-state index contributed by atoms with van der Waals surface area (Å²) in [5.41, 5.74) is 3.06. The number of benzene rings is 1. The second-order valence-electron chi connectivity index (χ2n) is 5.46. The smallest absolute Gasteiger partial charge is 0.225 e. The Kier molecular flexibility index (Phi) is 5.90. The van der Waals surface area contributed by atoms with Crippen molar-refractivity contribution in [3.05, 3.63) is 66.5 Å². The summed E-state index contributed by atoms with van der Waals surface area (Å²) >= 11 is 0. The number of rotatable bonds is 8. The summed E-state index contributed by atoms with van der Waals surface area (Å²) in [6.07, 6.45) is 3.56. The minimum Gasteiger partial charge on any atom is -0.383 e. The first-order chi connectivity index (χ1) is 12.3. The van der Waals surface area contributed by atoms with Crippen LogP contribution in [0.15, 0.2) is 60.9 Å². The zero-order valence-electron chi connectivity index (χ0n) is 14.1. The second kappa shape index (κ2) is 8.75. The molecule has 0 atom stereocenters. The number of aromatic nitrogens is 3. The zero-order chi connectivity index (χ0) is 17.3. The Bertz CT molecular complexity index is 780. The third kappa shape index (κ3) is 4.99. The van der Waals surface area contributed by atoms with E-state index in [-0.39, 0.29) is 0 Å². The van der Waals surface area contributed by atoms with Crippen LogP contribution >= 0.6 is 0 Å². The Labute approximate surface area is 147 Å². The molecule has 2 heterocycles. The van der Waals surface area contributed by atoms with Gasteiger partial charge in [0, 0.05) is 44.2 Å². The van der Waals surface area contributed by atoms with E-state index in [1.54, 1.807) is 19.5 Å². The molecule has 3 aromatic rings. The van der Waals surface area contributed by atoms with Gasteiger partial charge in [-0.15, -0.1) is 0 Å². The van der Waals surface area contributed by atoms with E-state index in [1.807, 2.05) is 48.5 Å². The molecule has 0 aliphatic heterocycles. The Morgan fingerprint density at radius 3 is 2.52 bits per heavy atom. The Hall–Kier alpha value is -2.99. The fourth-order valence-electron chi connectivity index (χ4n) is 2.33. The highest BCUT2D eigenvalue weighted by Gasteiger charge is 2.06. The lowest BCUT2D eigenvalue weighted by Gasteiger charge is -2.11. The molecule has 0 saturated heterocycles. The highest BCUT2D eigenvalue weighted by atomic mass is 16.5. The first-order valence-corrected chi connectivity index (χ1v) is 8.15.